The lowest BCUT2D eigenvalue weighted by Gasteiger charge is -2.14. The van der Waals surface area contributed by atoms with Crippen LogP contribution in [0.15, 0.2) is 6.20 Å². The van der Waals surface area contributed by atoms with Crippen molar-refractivity contribution in [2.24, 2.45) is 0 Å². The zero-order valence-electron chi connectivity index (χ0n) is 6.83. The second kappa shape index (κ2) is 3.92. The summed E-state index contributed by atoms with van der Waals surface area (Å²) < 4.78 is 0. The first kappa shape index (κ1) is 8.00. The second-order valence-corrected chi connectivity index (χ2v) is 2.35. The van der Waals surface area contributed by atoms with Crippen LogP contribution in [0.4, 0.5) is 5.82 Å². The summed E-state index contributed by atoms with van der Waals surface area (Å²) in [5.41, 5.74) is 0. The van der Waals surface area contributed by atoms with E-state index in [0.29, 0.717) is 0 Å². The van der Waals surface area contributed by atoms with Crippen molar-refractivity contribution >= 4 is 5.82 Å². The summed E-state index contributed by atoms with van der Waals surface area (Å²) in [5.74, 6) is 0.875. The number of hydrogen-bond acceptors (Lipinski definition) is 4. The number of H-pyrrole nitrogens is 1. The maximum Gasteiger partial charge on any atom is 0.170 e. The van der Waals surface area contributed by atoms with Crippen LogP contribution >= 0.6 is 0 Å². The van der Waals surface area contributed by atoms with Crippen LogP contribution in [-0.2, 0) is 0 Å². The molecule has 0 aliphatic heterocycles. The maximum absolute atomic E-state index is 3.93. The number of likely N-dealkylation sites (N-methyl/N-ethyl adjacent to an activating group) is 2. The molecule has 1 heterocycles. The number of rotatable bonds is 4. The van der Waals surface area contributed by atoms with Crippen molar-refractivity contribution in [2.45, 2.75) is 0 Å². The van der Waals surface area contributed by atoms with Crippen molar-refractivity contribution in [3.05, 3.63) is 6.20 Å². The first-order valence-electron chi connectivity index (χ1n) is 3.56. The first-order valence-corrected chi connectivity index (χ1v) is 3.56. The van der Waals surface area contributed by atoms with Crippen molar-refractivity contribution in [1.29, 1.82) is 0 Å². The van der Waals surface area contributed by atoms with Crippen LogP contribution in [-0.4, -0.2) is 42.6 Å². The summed E-state index contributed by atoms with van der Waals surface area (Å²) >= 11 is 0. The number of aromatic nitrogens is 3. The lowest BCUT2D eigenvalue weighted by atomic mass is 10.5. The molecule has 1 aromatic heterocycles. The van der Waals surface area contributed by atoms with E-state index < -0.39 is 0 Å². The van der Waals surface area contributed by atoms with E-state index in [4.69, 9.17) is 0 Å². The van der Waals surface area contributed by atoms with Crippen molar-refractivity contribution in [3.63, 3.8) is 0 Å². The molecule has 0 amide bonds. The van der Waals surface area contributed by atoms with Crippen molar-refractivity contribution < 1.29 is 0 Å². The Morgan fingerprint density at radius 1 is 1.73 bits per heavy atom. The Hall–Kier alpha value is -1.10. The summed E-state index contributed by atoms with van der Waals surface area (Å²) in [6, 6.07) is 0. The fourth-order valence-corrected chi connectivity index (χ4v) is 0.774. The van der Waals surface area contributed by atoms with E-state index in [2.05, 4.69) is 20.7 Å². The minimum absolute atomic E-state index is 0.875. The van der Waals surface area contributed by atoms with Crippen LogP contribution in [0, 0.1) is 0 Å². The smallest absolute Gasteiger partial charge is 0.170 e. The van der Waals surface area contributed by atoms with Gasteiger partial charge >= 0.3 is 0 Å². The van der Waals surface area contributed by atoms with Crippen LogP contribution in [0.1, 0.15) is 0 Å². The fourth-order valence-electron chi connectivity index (χ4n) is 0.774. The van der Waals surface area contributed by atoms with Gasteiger partial charge in [0.1, 0.15) is 0 Å². The van der Waals surface area contributed by atoms with Crippen LogP contribution in [0.25, 0.3) is 0 Å². The first-order chi connectivity index (χ1) is 5.34. The average Bonchev–Trinajstić information content (AvgIpc) is 2.52. The molecule has 0 saturated carbocycles. The average molecular weight is 155 g/mol. The van der Waals surface area contributed by atoms with Gasteiger partial charge in [-0.1, -0.05) is 0 Å². The quantitative estimate of drug-likeness (QED) is 0.613. The Bertz CT molecular complexity index is 183. The number of anilines is 1. The van der Waals surface area contributed by atoms with E-state index in [0.717, 1.165) is 18.9 Å². The van der Waals surface area contributed by atoms with Crippen molar-refractivity contribution in [2.75, 3.05) is 32.1 Å². The van der Waals surface area contributed by atoms with Crippen LogP contribution in [0.3, 0.4) is 0 Å². The Balaban J connectivity index is 2.36. The molecule has 0 saturated heterocycles. The van der Waals surface area contributed by atoms with E-state index >= 15 is 0 Å². The lowest BCUT2D eigenvalue weighted by molar-refractivity contribution is 0.759. The third kappa shape index (κ3) is 2.19. The predicted molar refractivity (Wildman–Crippen MR) is 43.6 cm³/mol. The topological polar surface area (TPSA) is 56.8 Å². The van der Waals surface area contributed by atoms with E-state index in [1.165, 1.54) is 0 Å². The molecular formula is C6H13N5. The molecule has 5 nitrogen and oxygen atoms in total. The van der Waals surface area contributed by atoms with Crippen molar-refractivity contribution in [3.8, 4) is 0 Å². The third-order valence-electron chi connectivity index (χ3n) is 1.49. The molecule has 0 aliphatic rings. The van der Waals surface area contributed by atoms with Crippen LogP contribution in [0.2, 0.25) is 0 Å². The van der Waals surface area contributed by atoms with Gasteiger partial charge in [0.2, 0.25) is 0 Å². The monoisotopic (exact) mass is 155 g/mol. The molecule has 62 valence electrons. The molecule has 5 heteroatoms. The Morgan fingerprint density at radius 3 is 3.09 bits per heavy atom. The van der Waals surface area contributed by atoms with Gasteiger partial charge in [-0.25, -0.2) is 0 Å². The maximum atomic E-state index is 3.93. The van der Waals surface area contributed by atoms with E-state index in [-0.39, 0.29) is 0 Å². The molecule has 11 heavy (non-hydrogen) atoms. The normalized spacial score (nSPS) is 10.0. The molecule has 0 aliphatic carbocycles. The highest BCUT2D eigenvalue weighted by Gasteiger charge is 2.00. The molecule has 0 radical (unpaired) electrons. The van der Waals surface area contributed by atoms with Gasteiger partial charge in [-0.3, -0.25) is 0 Å². The van der Waals surface area contributed by atoms with Crippen LogP contribution in [0.5, 0.6) is 0 Å². The van der Waals surface area contributed by atoms with Gasteiger partial charge in [-0.05, 0) is 7.05 Å². The molecule has 2 N–H and O–H groups in total. The van der Waals surface area contributed by atoms with Gasteiger partial charge in [0.05, 0.1) is 6.20 Å². The summed E-state index contributed by atoms with van der Waals surface area (Å²) in [4.78, 5) is 2.03. The number of nitrogens with zero attached hydrogens (tertiary/aromatic N) is 3. The molecule has 1 aromatic rings. The molecule has 0 bridgehead atoms. The lowest BCUT2D eigenvalue weighted by Crippen LogP contribution is -2.27. The molecule has 1 rings (SSSR count). The molecule has 0 spiro atoms. The van der Waals surface area contributed by atoms with Crippen molar-refractivity contribution in [1.82, 2.24) is 20.7 Å². The predicted octanol–water partition coefficient (Wildman–Crippen LogP) is -0.540. The van der Waals surface area contributed by atoms with Gasteiger partial charge < -0.3 is 10.2 Å². The molecule has 0 fully saturated rings. The minimum atomic E-state index is 0.875. The highest BCUT2D eigenvalue weighted by Crippen LogP contribution is 2.01. The Kier molecular flexibility index (Phi) is 2.85. The Labute approximate surface area is 65.8 Å². The highest BCUT2D eigenvalue weighted by atomic mass is 15.4. The van der Waals surface area contributed by atoms with Gasteiger partial charge in [-0.15, -0.1) is 5.10 Å². The summed E-state index contributed by atoms with van der Waals surface area (Å²) in [6.07, 6.45) is 1.70. The molecule has 0 aromatic carbocycles. The number of aromatic amines is 1. The highest BCUT2D eigenvalue weighted by molar-refractivity contribution is 5.32. The van der Waals surface area contributed by atoms with E-state index in [1.54, 1.807) is 6.20 Å². The second-order valence-electron chi connectivity index (χ2n) is 2.35. The number of nitrogens with one attached hydrogen (secondary N) is 2. The Morgan fingerprint density at radius 2 is 2.55 bits per heavy atom. The molecule has 0 atom stereocenters. The largest absolute Gasteiger partial charge is 0.356 e. The van der Waals surface area contributed by atoms with Crippen LogP contribution < -0.4 is 10.2 Å². The number of hydrogen-bond donors (Lipinski definition) is 2. The SMILES string of the molecule is CNCCN(C)c1cn[nH]n1. The summed E-state index contributed by atoms with van der Waals surface area (Å²) in [5, 5.41) is 13.3. The van der Waals surface area contributed by atoms with E-state index in [1.807, 2.05) is 19.0 Å². The minimum Gasteiger partial charge on any atom is -0.356 e. The summed E-state index contributed by atoms with van der Waals surface area (Å²) in [7, 11) is 3.91. The zero-order chi connectivity index (χ0) is 8.10. The third-order valence-corrected chi connectivity index (χ3v) is 1.49. The zero-order valence-corrected chi connectivity index (χ0v) is 6.83. The van der Waals surface area contributed by atoms with Gasteiger partial charge in [0, 0.05) is 20.1 Å². The van der Waals surface area contributed by atoms with Gasteiger partial charge in [0.25, 0.3) is 0 Å². The van der Waals surface area contributed by atoms with E-state index in [9.17, 15) is 0 Å². The van der Waals surface area contributed by atoms with Gasteiger partial charge in [0.15, 0.2) is 5.82 Å². The summed E-state index contributed by atoms with van der Waals surface area (Å²) in [6.45, 7) is 1.88. The fraction of sp³-hybridized carbons (Fsp3) is 0.667. The van der Waals surface area contributed by atoms with Gasteiger partial charge in [-0.2, -0.15) is 10.3 Å². The molecule has 0 unspecified atom stereocenters. The standard InChI is InChI=1S/C6H13N5/c1-7-3-4-11(2)6-5-8-10-9-6/h5,7H,3-4H2,1-2H3,(H,8,9,10). The molecular weight excluding hydrogens is 142 g/mol.